The van der Waals surface area contributed by atoms with Gasteiger partial charge in [-0.2, -0.15) is 0 Å². The van der Waals surface area contributed by atoms with Crippen molar-refractivity contribution in [2.75, 3.05) is 51.0 Å². The number of aryl methyl sites for hydroxylation is 1. The highest BCUT2D eigenvalue weighted by molar-refractivity contribution is 6.06. The highest BCUT2D eigenvalue weighted by Gasteiger charge is 2.24. The first-order valence-corrected chi connectivity index (χ1v) is 7.44. The van der Waals surface area contributed by atoms with Crippen molar-refractivity contribution in [2.45, 2.75) is 19.4 Å². The molecule has 0 aliphatic carbocycles. The first kappa shape index (κ1) is 15.4. The van der Waals surface area contributed by atoms with E-state index in [1.165, 1.54) is 5.69 Å². The average molecular weight is 299 g/mol. The Morgan fingerprint density at radius 3 is 2.85 bits per heavy atom. The predicted octanol–water partition coefficient (Wildman–Crippen LogP) is 2.40. The normalized spacial score (nSPS) is 19.6. The second-order valence-corrected chi connectivity index (χ2v) is 6.94. The maximum atomic E-state index is 6.11. The third-order valence-corrected chi connectivity index (χ3v) is 3.91. The van der Waals surface area contributed by atoms with Crippen molar-refractivity contribution < 1.29 is 8.74 Å². The minimum Gasteiger partial charge on any atom is -0.399 e. The number of ether oxygens (including phenoxy) is 1. The molecule has 0 bridgehead atoms. The Kier molecular flexibility index (Phi) is 4.78. The fourth-order valence-electron chi connectivity index (χ4n) is 2.39. The van der Waals surface area contributed by atoms with Crippen LogP contribution in [0.1, 0.15) is 12.0 Å². The van der Waals surface area contributed by atoms with Gasteiger partial charge in [-0.1, -0.05) is 0 Å². The van der Waals surface area contributed by atoms with E-state index in [0.717, 1.165) is 37.3 Å². The van der Waals surface area contributed by atoms with Gasteiger partial charge in [0, 0.05) is 24.5 Å². The number of nitrogens with two attached hydrogens (primary N) is 1. The summed E-state index contributed by atoms with van der Waals surface area (Å²) in [6.45, 7) is 5.55. The van der Waals surface area contributed by atoms with E-state index in [2.05, 4.69) is 17.0 Å². The standard InChI is InChI=1S/C15H25ClN3O/c1-12-10-13(4-5-15(12)17)18-7-6-14(11-18)20-9-8-19(2,3)16/h4-5,10,14H,6-9,11,17H2,1-3H3/q+1. The zero-order valence-corrected chi connectivity index (χ0v) is 13.4. The molecule has 1 saturated heterocycles. The smallest absolute Gasteiger partial charge is 0.164 e. The molecule has 0 spiro atoms. The molecular weight excluding hydrogens is 274 g/mol. The maximum absolute atomic E-state index is 6.11. The Balaban J connectivity index is 1.84. The van der Waals surface area contributed by atoms with Crippen molar-refractivity contribution in [3.8, 4) is 0 Å². The fourth-order valence-corrected chi connectivity index (χ4v) is 2.46. The number of benzene rings is 1. The van der Waals surface area contributed by atoms with Gasteiger partial charge in [0.25, 0.3) is 0 Å². The molecule has 1 aromatic carbocycles. The second kappa shape index (κ2) is 6.20. The van der Waals surface area contributed by atoms with Crippen molar-refractivity contribution in [1.29, 1.82) is 0 Å². The van der Waals surface area contributed by atoms with Crippen LogP contribution in [0.15, 0.2) is 18.2 Å². The average Bonchev–Trinajstić information content (AvgIpc) is 2.80. The van der Waals surface area contributed by atoms with E-state index < -0.39 is 0 Å². The van der Waals surface area contributed by atoms with E-state index in [0.29, 0.717) is 16.7 Å². The molecule has 1 fully saturated rings. The molecule has 0 radical (unpaired) electrons. The van der Waals surface area contributed by atoms with E-state index in [1.807, 2.05) is 27.1 Å². The molecule has 2 N–H and O–H groups in total. The third kappa shape index (κ3) is 4.27. The molecule has 1 heterocycles. The minimum atomic E-state index is 0.302. The summed E-state index contributed by atoms with van der Waals surface area (Å²) in [4.78, 5) is 2.36. The summed E-state index contributed by atoms with van der Waals surface area (Å²) in [6.07, 6.45) is 1.37. The highest BCUT2D eigenvalue weighted by atomic mass is 35.5. The van der Waals surface area contributed by atoms with Gasteiger partial charge < -0.3 is 15.4 Å². The molecule has 5 heteroatoms. The Labute approximate surface area is 126 Å². The van der Waals surface area contributed by atoms with Crippen molar-refractivity contribution >= 4 is 23.2 Å². The van der Waals surface area contributed by atoms with Gasteiger partial charge in [0.2, 0.25) is 0 Å². The third-order valence-electron chi connectivity index (χ3n) is 3.74. The van der Waals surface area contributed by atoms with Crippen LogP contribution in [0.4, 0.5) is 11.4 Å². The number of anilines is 2. The van der Waals surface area contributed by atoms with Crippen LogP contribution in [-0.2, 0) is 4.74 Å². The first-order chi connectivity index (χ1) is 9.35. The molecule has 112 valence electrons. The lowest BCUT2D eigenvalue weighted by atomic mass is 10.2. The molecule has 1 aliphatic rings. The number of hydrogen-bond acceptors (Lipinski definition) is 3. The number of hydrogen-bond donors (Lipinski definition) is 1. The summed E-state index contributed by atoms with van der Waals surface area (Å²) in [5.74, 6) is 0. The van der Waals surface area contributed by atoms with Crippen LogP contribution in [0.2, 0.25) is 0 Å². The van der Waals surface area contributed by atoms with E-state index >= 15 is 0 Å². The zero-order valence-electron chi connectivity index (χ0n) is 12.6. The lowest BCUT2D eigenvalue weighted by molar-refractivity contribution is -0.772. The number of likely N-dealkylation sites (N-methyl/N-ethyl adjacent to an activating group) is 1. The van der Waals surface area contributed by atoms with Gasteiger partial charge in [0.15, 0.2) is 11.8 Å². The summed E-state index contributed by atoms with van der Waals surface area (Å²) in [7, 11) is 3.92. The summed E-state index contributed by atoms with van der Waals surface area (Å²) in [5, 5.41) is 0. The monoisotopic (exact) mass is 298 g/mol. The predicted molar refractivity (Wildman–Crippen MR) is 85.0 cm³/mol. The summed E-state index contributed by atoms with van der Waals surface area (Å²) in [5.41, 5.74) is 9.08. The number of quaternary nitrogens is 1. The Hall–Kier alpha value is -0.970. The molecule has 4 nitrogen and oxygen atoms in total. The Morgan fingerprint density at radius 2 is 2.20 bits per heavy atom. The molecule has 0 amide bonds. The molecular formula is C15H25ClN3O+. The molecule has 20 heavy (non-hydrogen) atoms. The topological polar surface area (TPSA) is 38.5 Å². The molecule has 2 rings (SSSR count). The van der Waals surface area contributed by atoms with Crippen LogP contribution < -0.4 is 10.6 Å². The van der Waals surface area contributed by atoms with Crippen molar-refractivity contribution in [3.05, 3.63) is 23.8 Å². The zero-order chi connectivity index (χ0) is 14.8. The minimum absolute atomic E-state index is 0.302. The number of nitrogen functional groups attached to an aromatic ring is 1. The quantitative estimate of drug-likeness (QED) is 0.670. The van der Waals surface area contributed by atoms with Crippen LogP contribution in [0.3, 0.4) is 0 Å². The molecule has 0 aromatic heterocycles. The lowest BCUT2D eigenvalue weighted by Gasteiger charge is -2.21. The van der Waals surface area contributed by atoms with Gasteiger partial charge in [0.1, 0.15) is 6.54 Å². The van der Waals surface area contributed by atoms with Crippen LogP contribution >= 0.6 is 11.8 Å². The maximum Gasteiger partial charge on any atom is 0.164 e. The van der Waals surface area contributed by atoms with Gasteiger partial charge in [-0.25, -0.2) is 4.00 Å². The number of rotatable bonds is 5. The van der Waals surface area contributed by atoms with Crippen LogP contribution in [0.25, 0.3) is 0 Å². The number of halogens is 1. The van der Waals surface area contributed by atoms with Crippen LogP contribution in [0, 0.1) is 6.92 Å². The molecule has 1 atom stereocenters. The molecule has 1 unspecified atom stereocenters. The van der Waals surface area contributed by atoms with Gasteiger partial charge in [-0.15, -0.1) is 0 Å². The van der Waals surface area contributed by atoms with Crippen LogP contribution in [0.5, 0.6) is 0 Å². The fraction of sp³-hybridized carbons (Fsp3) is 0.600. The van der Waals surface area contributed by atoms with E-state index in [-0.39, 0.29) is 0 Å². The van der Waals surface area contributed by atoms with E-state index in [1.54, 1.807) is 0 Å². The largest absolute Gasteiger partial charge is 0.399 e. The summed E-state index contributed by atoms with van der Waals surface area (Å²) < 4.78 is 6.34. The van der Waals surface area contributed by atoms with E-state index in [9.17, 15) is 0 Å². The van der Waals surface area contributed by atoms with Crippen molar-refractivity contribution in [2.24, 2.45) is 0 Å². The van der Waals surface area contributed by atoms with Gasteiger partial charge >= 0.3 is 0 Å². The van der Waals surface area contributed by atoms with Crippen molar-refractivity contribution in [3.63, 3.8) is 0 Å². The first-order valence-electron chi connectivity index (χ1n) is 7.10. The van der Waals surface area contributed by atoms with Crippen molar-refractivity contribution in [1.82, 2.24) is 0 Å². The molecule has 1 aromatic rings. The summed E-state index contributed by atoms with van der Waals surface area (Å²) >= 11 is 6.11. The SMILES string of the molecule is Cc1cc(N2CCC(OCC[N+](C)(C)Cl)C2)ccc1N. The Bertz CT molecular complexity index is 459. The highest BCUT2D eigenvalue weighted by Crippen LogP contribution is 2.25. The number of nitrogens with zero attached hydrogens (tertiary/aromatic N) is 2. The van der Waals surface area contributed by atoms with E-state index in [4.69, 9.17) is 22.2 Å². The van der Waals surface area contributed by atoms with Gasteiger partial charge in [-0.3, -0.25) is 0 Å². The van der Waals surface area contributed by atoms with Gasteiger partial charge in [0.05, 0.1) is 26.8 Å². The van der Waals surface area contributed by atoms with Gasteiger partial charge in [-0.05, 0) is 37.1 Å². The molecule has 1 aliphatic heterocycles. The Morgan fingerprint density at radius 1 is 1.45 bits per heavy atom. The second-order valence-electron chi connectivity index (χ2n) is 6.03. The lowest BCUT2D eigenvalue weighted by Crippen LogP contribution is -2.33. The molecule has 0 saturated carbocycles. The summed E-state index contributed by atoms with van der Waals surface area (Å²) in [6, 6.07) is 6.21. The van der Waals surface area contributed by atoms with Crippen LogP contribution in [-0.4, -0.2) is 50.4 Å².